The molecule has 4 nitrogen and oxygen atoms in total. The highest BCUT2D eigenvalue weighted by Gasteiger charge is 2.33. The van der Waals surface area contributed by atoms with Gasteiger partial charge in [0.1, 0.15) is 0 Å². The van der Waals surface area contributed by atoms with Crippen molar-refractivity contribution in [1.29, 1.82) is 0 Å². The Morgan fingerprint density at radius 1 is 1.04 bits per heavy atom. The van der Waals surface area contributed by atoms with Gasteiger partial charge in [-0.2, -0.15) is 0 Å². The van der Waals surface area contributed by atoms with Crippen molar-refractivity contribution in [3.8, 4) is 0 Å². The standard InChI is InChI=1S/C20H39N3O/c1-17(2)6-5-10-21-13-14-23(20(16-21)9-15-24)19-7-11-22(12-8-19)18(3)4/h5-6,17-20,24H,7-16H2,1-4H3/b6-5+. The van der Waals surface area contributed by atoms with Gasteiger partial charge in [0.15, 0.2) is 0 Å². The number of allylic oxidation sites excluding steroid dienone is 1. The van der Waals surface area contributed by atoms with Crippen LogP contribution in [0.1, 0.15) is 47.0 Å². The van der Waals surface area contributed by atoms with Crippen LogP contribution in [0.3, 0.4) is 0 Å². The van der Waals surface area contributed by atoms with E-state index in [4.69, 9.17) is 0 Å². The van der Waals surface area contributed by atoms with Crippen LogP contribution < -0.4 is 0 Å². The molecule has 0 spiro atoms. The van der Waals surface area contributed by atoms with Crippen LogP contribution in [-0.2, 0) is 0 Å². The summed E-state index contributed by atoms with van der Waals surface area (Å²) in [6.07, 6.45) is 8.10. The average molecular weight is 338 g/mol. The summed E-state index contributed by atoms with van der Waals surface area (Å²) >= 11 is 0. The Morgan fingerprint density at radius 3 is 2.33 bits per heavy atom. The summed E-state index contributed by atoms with van der Waals surface area (Å²) in [4.78, 5) is 7.88. The molecule has 4 heteroatoms. The highest BCUT2D eigenvalue weighted by atomic mass is 16.3. The molecule has 2 rings (SSSR count). The zero-order valence-corrected chi connectivity index (χ0v) is 16.3. The van der Waals surface area contributed by atoms with E-state index in [-0.39, 0.29) is 0 Å². The second-order valence-corrected chi connectivity index (χ2v) is 8.20. The molecular formula is C20H39N3O. The molecule has 0 radical (unpaired) electrons. The zero-order chi connectivity index (χ0) is 17.5. The molecule has 0 amide bonds. The lowest BCUT2D eigenvalue weighted by molar-refractivity contribution is 0.00546. The fourth-order valence-electron chi connectivity index (χ4n) is 4.20. The van der Waals surface area contributed by atoms with Crippen LogP contribution in [0.15, 0.2) is 12.2 Å². The van der Waals surface area contributed by atoms with E-state index >= 15 is 0 Å². The molecule has 0 saturated carbocycles. The smallest absolute Gasteiger partial charge is 0.0446 e. The molecule has 2 aliphatic rings. The number of piperazine rings is 1. The molecule has 1 unspecified atom stereocenters. The van der Waals surface area contributed by atoms with Gasteiger partial charge in [0.2, 0.25) is 0 Å². The van der Waals surface area contributed by atoms with E-state index in [1.807, 2.05) is 0 Å². The topological polar surface area (TPSA) is 30.0 Å². The van der Waals surface area contributed by atoms with E-state index in [1.54, 1.807) is 0 Å². The van der Waals surface area contributed by atoms with Crippen LogP contribution in [0.2, 0.25) is 0 Å². The van der Waals surface area contributed by atoms with Crippen molar-refractivity contribution in [3.63, 3.8) is 0 Å². The van der Waals surface area contributed by atoms with Crippen LogP contribution in [0, 0.1) is 5.92 Å². The summed E-state index contributed by atoms with van der Waals surface area (Å²) in [5.74, 6) is 0.630. The molecule has 1 N–H and O–H groups in total. The molecule has 0 aromatic rings. The maximum Gasteiger partial charge on any atom is 0.0446 e. The van der Waals surface area contributed by atoms with E-state index in [9.17, 15) is 5.11 Å². The summed E-state index contributed by atoms with van der Waals surface area (Å²) in [6, 6.07) is 1.90. The number of rotatable bonds is 7. The summed E-state index contributed by atoms with van der Waals surface area (Å²) in [7, 11) is 0. The maximum absolute atomic E-state index is 9.52. The highest BCUT2D eigenvalue weighted by Crippen LogP contribution is 2.24. The number of aliphatic hydroxyl groups is 1. The number of likely N-dealkylation sites (tertiary alicyclic amines) is 1. The largest absolute Gasteiger partial charge is 0.396 e. The molecule has 0 aromatic heterocycles. The summed E-state index contributed by atoms with van der Waals surface area (Å²) in [5, 5.41) is 9.52. The second kappa shape index (κ2) is 9.91. The van der Waals surface area contributed by atoms with Crippen LogP contribution in [0.5, 0.6) is 0 Å². The first kappa shape index (κ1) is 19.9. The Balaban J connectivity index is 1.87. The van der Waals surface area contributed by atoms with Crippen molar-refractivity contribution in [2.24, 2.45) is 5.92 Å². The Morgan fingerprint density at radius 2 is 1.75 bits per heavy atom. The molecule has 0 bridgehead atoms. The first-order chi connectivity index (χ1) is 11.5. The summed E-state index contributed by atoms with van der Waals surface area (Å²) in [6.45, 7) is 16.3. The van der Waals surface area contributed by atoms with Gasteiger partial charge in [0.25, 0.3) is 0 Å². The van der Waals surface area contributed by atoms with Gasteiger partial charge in [-0.1, -0.05) is 26.0 Å². The van der Waals surface area contributed by atoms with Crippen molar-refractivity contribution < 1.29 is 5.11 Å². The van der Waals surface area contributed by atoms with Gasteiger partial charge < -0.3 is 10.0 Å². The van der Waals surface area contributed by atoms with Gasteiger partial charge in [0.05, 0.1) is 0 Å². The van der Waals surface area contributed by atoms with Gasteiger partial charge >= 0.3 is 0 Å². The zero-order valence-electron chi connectivity index (χ0n) is 16.3. The van der Waals surface area contributed by atoms with Gasteiger partial charge in [0, 0.05) is 50.9 Å². The Bertz CT molecular complexity index is 375. The van der Waals surface area contributed by atoms with E-state index in [0.29, 0.717) is 30.7 Å². The van der Waals surface area contributed by atoms with Crippen LogP contribution in [0.25, 0.3) is 0 Å². The lowest BCUT2D eigenvalue weighted by Crippen LogP contribution is -2.58. The number of aliphatic hydroxyl groups excluding tert-OH is 1. The molecule has 2 saturated heterocycles. The summed E-state index contributed by atoms with van der Waals surface area (Å²) < 4.78 is 0. The van der Waals surface area contributed by atoms with Crippen molar-refractivity contribution in [3.05, 3.63) is 12.2 Å². The minimum atomic E-state index is 0.307. The van der Waals surface area contributed by atoms with Crippen molar-refractivity contribution in [1.82, 2.24) is 14.7 Å². The minimum Gasteiger partial charge on any atom is -0.396 e. The molecule has 0 aromatic carbocycles. The van der Waals surface area contributed by atoms with E-state index in [0.717, 1.165) is 32.6 Å². The van der Waals surface area contributed by atoms with Crippen LogP contribution in [0.4, 0.5) is 0 Å². The summed E-state index contributed by atoms with van der Waals surface area (Å²) in [5.41, 5.74) is 0. The second-order valence-electron chi connectivity index (χ2n) is 8.20. The number of piperidine rings is 1. The Kier molecular flexibility index (Phi) is 8.21. The first-order valence-corrected chi connectivity index (χ1v) is 10.0. The Labute approximate surface area is 149 Å². The third-order valence-electron chi connectivity index (χ3n) is 5.66. The van der Waals surface area contributed by atoms with E-state index < -0.39 is 0 Å². The predicted molar refractivity (Wildman–Crippen MR) is 102 cm³/mol. The quantitative estimate of drug-likeness (QED) is 0.723. The molecule has 2 fully saturated rings. The SMILES string of the molecule is CC(C)/C=C/CN1CCN(C2CCN(C(C)C)CC2)C(CCO)C1. The van der Waals surface area contributed by atoms with Gasteiger partial charge in [-0.25, -0.2) is 0 Å². The first-order valence-electron chi connectivity index (χ1n) is 10.0. The predicted octanol–water partition coefficient (Wildman–Crippen LogP) is 2.44. The van der Waals surface area contributed by atoms with E-state index in [1.165, 1.54) is 25.9 Å². The molecule has 140 valence electrons. The van der Waals surface area contributed by atoms with Crippen molar-refractivity contribution >= 4 is 0 Å². The highest BCUT2D eigenvalue weighted by molar-refractivity contribution is 4.93. The molecule has 24 heavy (non-hydrogen) atoms. The Hall–Kier alpha value is -0.420. The van der Waals surface area contributed by atoms with E-state index in [2.05, 4.69) is 54.5 Å². The van der Waals surface area contributed by atoms with Gasteiger partial charge in [-0.05, 0) is 52.1 Å². The molecule has 0 aliphatic carbocycles. The monoisotopic (exact) mass is 337 g/mol. The number of hydrogen-bond donors (Lipinski definition) is 1. The molecular weight excluding hydrogens is 298 g/mol. The molecule has 1 atom stereocenters. The number of hydrogen-bond acceptors (Lipinski definition) is 4. The third kappa shape index (κ3) is 5.83. The van der Waals surface area contributed by atoms with Gasteiger partial charge in [-0.3, -0.25) is 9.80 Å². The normalized spacial score (nSPS) is 26.2. The van der Waals surface area contributed by atoms with Crippen LogP contribution in [-0.4, -0.2) is 83.8 Å². The third-order valence-corrected chi connectivity index (χ3v) is 5.66. The maximum atomic E-state index is 9.52. The lowest BCUT2D eigenvalue weighted by Gasteiger charge is -2.48. The minimum absolute atomic E-state index is 0.307. The number of nitrogens with zero attached hydrogens (tertiary/aromatic N) is 3. The molecule has 2 aliphatic heterocycles. The lowest BCUT2D eigenvalue weighted by atomic mass is 9.97. The van der Waals surface area contributed by atoms with Crippen molar-refractivity contribution in [2.75, 3.05) is 45.9 Å². The average Bonchev–Trinajstić information content (AvgIpc) is 2.55. The fraction of sp³-hybridized carbons (Fsp3) is 0.900. The fourth-order valence-corrected chi connectivity index (χ4v) is 4.20. The van der Waals surface area contributed by atoms with Crippen molar-refractivity contribution in [2.45, 2.75) is 65.1 Å². The van der Waals surface area contributed by atoms with Gasteiger partial charge in [-0.15, -0.1) is 0 Å². The molecule has 2 heterocycles. The van der Waals surface area contributed by atoms with Crippen LogP contribution >= 0.6 is 0 Å².